The van der Waals surface area contributed by atoms with Crippen molar-refractivity contribution in [3.05, 3.63) is 59.0 Å². The Labute approximate surface area is 203 Å². The second-order valence-corrected chi connectivity index (χ2v) is 9.26. The van der Waals surface area contributed by atoms with Gasteiger partial charge in [0.15, 0.2) is 0 Å². The predicted molar refractivity (Wildman–Crippen MR) is 134 cm³/mol. The third-order valence-corrected chi connectivity index (χ3v) is 6.72. The molecule has 2 N–H and O–H groups in total. The van der Waals surface area contributed by atoms with Crippen LogP contribution < -0.4 is 10.2 Å². The summed E-state index contributed by atoms with van der Waals surface area (Å²) in [5, 5.41) is 14.2. The third kappa shape index (κ3) is 6.32. The van der Waals surface area contributed by atoms with Crippen LogP contribution >= 0.6 is 11.3 Å². The summed E-state index contributed by atoms with van der Waals surface area (Å²) < 4.78 is 0. The van der Waals surface area contributed by atoms with Gasteiger partial charge in [-0.2, -0.15) is 0 Å². The van der Waals surface area contributed by atoms with E-state index in [0.717, 1.165) is 60.8 Å². The number of anilines is 2. The summed E-state index contributed by atoms with van der Waals surface area (Å²) in [6.07, 6.45) is 2.00. The lowest BCUT2D eigenvalue weighted by Gasteiger charge is -2.33. The lowest BCUT2D eigenvalue weighted by atomic mass is 9.93. The zero-order valence-corrected chi connectivity index (χ0v) is 20.0. The zero-order chi connectivity index (χ0) is 23.9. The molecule has 0 atom stereocenters. The van der Waals surface area contributed by atoms with Gasteiger partial charge in [0.05, 0.1) is 23.4 Å². The summed E-state index contributed by atoms with van der Waals surface area (Å²) in [5.74, 6) is 1.36. The van der Waals surface area contributed by atoms with Crippen molar-refractivity contribution in [3.63, 3.8) is 0 Å². The highest BCUT2D eigenvalue weighted by molar-refractivity contribution is 7.07. The molecular formula is C25H29N5O3S. The highest BCUT2D eigenvalue weighted by Crippen LogP contribution is 2.27. The van der Waals surface area contributed by atoms with Gasteiger partial charge in [0.2, 0.25) is 5.91 Å². The smallest absolute Gasteiger partial charge is 0.407 e. The summed E-state index contributed by atoms with van der Waals surface area (Å²) in [5.41, 5.74) is 5.20. The van der Waals surface area contributed by atoms with E-state index in [9.17, 15) is 14.7 Å². The minimum Gasteiger partial charge on any atom is -0.465 e. The molecule has 178 valence electrons. The fourth-order valence-electron chi connectivity index (χ4n) is 4.23. The number of carbonyl (C=O) groups is 2. The third-order valence-electron chi connectivity index (χ3n) is 6.09. The van der Waals surface area contributed by atoms with Crippen LogP contribution in [0.25, 0.3) is 11.3 Å². The Balaban J connectivity index is 1.31. The lowest BCUT2D eigenvalue weighted by Crippen LogP contribution is -2.36. The number of aromatic nitrogens is 2. The highest BCUT2D eigenvalue weighted by Gasteiger charge is 2.22. The first-order valence-electron chi connectivity index (χ1n) is 11.4. The lowest BCUT2D eigenvalue weighted by molar-refractivity contribution is -0.114. The average molecular weight is 480 g/mol. The van der Waals surface area contributed by atoms with E-state index < -0.39 is 6.09 Å². The molecule has 1 aliphatic heterocycles. The molecule has 1 fully saturated rings. The number of piperidine rings is 1. The van der Waals surface area contributed by atoms with Gasteiger partial charge < -0.3 is 20.2 Å². The number of carbonyl (C=O) groups excluding carboxylic acids is 1. The number of benzene rings is 1. The summed E-state index contributed by atoms with van der Waals surface area (Å²) in [4.78, 5) is 35.7. The van der Waals surface area contributed by atoms with Crippen molar-refractivity contribution in [2.75, 3.05) is 29.9 Å². The van der Waals surface area contributed by atoms with Gasteiger partial charge in [-0.05, 0) is 49.4 Å². The maximum Gasteiger partial charge on any atom is 0.407 e. The molecule has 8 nitrogen and oxygen atoms in total. The van der Waals surface area contributed by atoms with Gasteiger partial charge >= 0.3 is 6.09 Å². The summed E-state index contributed by atoms with van der Waals surface area (Å²) in [6.45, 7) is 4.18. The number of hydrogen-bond acceptors (Lipinski definition) is 6. The molecular weight excluding hydrogens is 450 g/mol. The molecule has 0 spiro atoms. The number of pyridine rings is 1. The van der Waals surface area contributed by atoms with E-state index in [1.165, 1.54) is 23.2 Å². The number of thiazole rings is 1. The molecule has 3 heterocycles. The second-order valence-electron chi connectivity index (χ2n) is 8.54. The maximum absolute atomic E-state index is 11.6. The van der Waals surface area contributed by atoms with Crippen molar-refractivity contribution < 1.29 is 14.7 Å². The molecule has 0 unspecified atom stereocenters. The van der Waals surface area contributed by atoms with Crippen molar-refractivity contribution >= 4 is 34.8 Å². The van der Waals surface area contributed by atoms with Crippen LogP contribution in [0.1, 0.15) is 31.9 Å². The van der Waals surface area contributed by atoms with Gasteiger partial charge in [-0.1, -0.05) is 18.2 Å². The summed E-state index contributed by atoms with van der Waals surface area (Å²) in [6, 6.07) is 13.7. The summed E-state index contributed by atoms with van der Waals surface area (Å²) in [7, 11) is 0. The number of rotatable bonds is 8. The monoisotopic (exact) mass is 479 g/mol. The molecule has 2 aromatic heterocycles. The van der Waals surface area contributed by atoms with Crippen molar-refractivity contribution in [1.82, 2.24) is 14.9 Å². The maximum atomic E-state index is 11.6. The number of nitrogens with zero attached hydrogens (tertiary/aromatic N) is 4. The van der Waals surface area contributed by atoms with Crippen molar-refractivity contribution in [2.24, 2.45) is 5.92 Å². The topological polar surface area (TPSA) is 98.7 Å². The van der Waals surface area contributed by atoms with Gasteiger partial charge in [-0.3, -0.25) is 4.79 Å². The number of hydrogen-bond donors (Lipinski definition) is 2. The van der Waals surface area contributed by atoms with E-state index in [1.807, 2.05) is 47.8 Å². The quantitative estimate of drug-likeness (QED) is 0.474. The highest BCUT2D eigenvalue weighted by atomic mass is 32.1. The first-order valence-corrected chi connectivity index (χ1v) is 12.4. The van der Waals surface area contributed by atoms with E-state index in [-0.39, 0.29) is 5.91 Å². The van der Waals surface area contributed by atoms with Crippen molar-refractivity contribution in [1.29, 1.82) is 0 Å². The molecule has 2 amide bonds. The molecule has 34 heavy (non-hydrogen) atoms. The van der Waals surface area contributed by atoms with E-state index in [1.54, 1.807) is 5.51 Å². The van der Waals surface area contributed by atoms with Crippen molar-refractivity contribution in [3.8, 4) is 11.3 Å². The Bertz CT molecular complexity index is 1100. The minimum atomic E-state index is -0.892. The van der Waals surface area contributed by atoms with Gasteiger partial charge in [0.25, 0.3) is 0 Å². The molecule has 1 saturated heterocycles. The SMILES string of the molecule is CC(=O)Nc1ccc(-c2cccc(N3CCC(CCN(Cc4cscn4)C(=O)O)CC3)n2)cc1. The van der Waals surface area contributed by atoms with Crippen LogP contribution in [0.3, 0.4) is 0 Å². The Morgan fingerprint density at radius 2 is 1.94 bits per heavy atom. The van der Waals surface area contributed by atoms with Crippen LogP contribution in [0.5, 0.6) is 0 Å². The molecule has 0 saturated carbocycles. The average Bonchev–Trinajstić information content (AvgIpc) is 3.35. The van der Waals surface area contributed by atoms with E-state index >= 15 is 0 Å². The number of nitrogens with one attached hydrogen (secondary N) is 1. The van der Waals surface area contributed by atoms with Crippen molar-refractivity contribution in [2.45, 2.75) is 32.7 Å². The molecule has 9 heteroatoms. The van der Waals surface area contributed by atoms with E-state index in [4.69, 9.17) is 4.98 Å². The molecule has 0 aliphatic carbocycles. The molecule has 0 radical (unpaired) electrons. The molecule has 1 aliphatic rings. The number of carboxylic acid groups (broad SMARTS) is 1. The fourth-order valence-corrected chi connectivity index (χ4v) is 4.78. The van der Waals surface area contributed by atoms with Gasteiger partial charge in [0.1, 0.15) is 5.82 Å². The predicted octanol–water partition coefficient (Wildman–Crippen LogP) is 4.95. The van der Waals surface area contributed by atoms with Crippen LogP contribution in [0.4, 0.5) is 16.3 Å². The van der Waals surface area contributed by atoms with Gasteiger partial charge in [0, 0.05) is 43.2 Å². The fraction of sp³-hybridized carbons (Fsp3) is 0.360. The summed E-state index contributed by atoms with van der Waals surface area (Å²) >= 11 is 1.48. The Kier molecular flexibility index (Phi) is 7.74. The standard InChI is InChI=1S/C25H29N5O3S/c1-18(31)27-21-7-5-20(6-8-21)23-3-2-4-24(28-23)29-12-9-19(10-13-29)11-14-30(25(32)33)15-22-16-34-17-26-22/h2-8,16-17,19H,9-15H2,1H3,(H,27,31)(H,32,33). The largest absolute Gasteiger partial charge is 0.465 e. The first kappa shape index (κ1) is 23.7. The molecule has 3 aromatic rings. The van der Waals surface area contributed by atoms with E-state index in [0.29, 0.717) is 19.0 Å². The van der Waals surface area contributed by atoms with Crippen LogP contribution in [0.15, 0.2) is 53.4 Å². The molecule has 1 aromatic carbocycles. The zero-order valence-electron chi connectivity index (χ0n) is 19.2. The van der Waals surface area contributed by atoms with Gasteiger partial charge in [-0.15, -0.1) is 11.3 Å². The number of amides is 2. The molecule has 0 bridgehead atoms. The van der Waals surface area contributed by atoms with Gasteiger partial charge in [-0.25, -0.2) is 14.8 Å². The van der Waals surface area contributed by atoms with Crippen LogP contribution in [0.2, 0.25) is 0 Å². The first-order chi connectivity index (χ1) is 16.5. The van der Waals surface area contributed by atoms with E-state index in [2.05, 4.69) is 15.2 Å². The minimum absolute atomic E-state index is 0.0913. The normalized spacial score (nSPS) is 14.1. The Morgan fingerprint density at radius 1 is 1.18 bits per heavy atom. The second kappa shape index (κ2) is 11.1. The Hall–Kier alpha value is -3.46. The van der Waals surface area contributed by atoms with Crippen LogP contribution in [-0.2, 0) is 11.3 Å². The van der Waals surface area contributed by atoms with Crippen LogP contribution in [-0.4, -0.2) is 51.6 Å². The Morgan fingerprint density at radius 3 is 2.59 bits per heavy atom. The van der Waals surface area contributed by atoms with Crippen LogP contribution in [0, 0.1) is 5.92 Å². The molecule has 4 rings (SSSR count).